The van der Waals surface area contributed by atoms with E-state index >= 15 is 0 Å². The Hall–Kier alpha value is -2.35. The second-order valence-electron chi connectivity index (χ2n) is 7.10. The summed E-state index contributed by atoms with van der Waals surface area (Å²) in [5.41, 5.74) is 2.36. The zero-order valence-electron chi connectivity index (χ0n) is 15.4. The van der Waals surface area contributed by atoms with E-state index in [1.165, 1.54) is 4.31 Å². The largest absolute Gasteiger partial charge is 0.337 e. The minimum absolute atomic E-state index is 0.142. The number of anilines is 1. The SMILES string of the molecule is CCn1cc(C(=O)N2CCC[C@H](S(=O)(=O)N3CCc4ccccc43)C2)cn1. The summed E-state index contributed by atoms with van der Waals surface area (Å²) >= 11 is 0. The Morgan fingerprint density at radius 1 is 1.26 bits per heavy atom. The van der Waals surface area contributed by atoms with E-state index in [1.54, 1.807) is 22.0 Å². The van der Waals surface area contributed by atoms with Crippen molar-refractivity contribution in [2.24, 2.45) is 0 Å². The van der Waals surface area contributed by atoms with Crippen LogP contribution < -0.4 is 4.31 Å². The van der Waals surface area contributed by atoms with Crippen molar-refractivity contribution in [2.45, 2.75) is 38.0 Å². The minimum atomic E-state index is -3.50. The Labute approximate surface area is 159 Å². The van der Waals surface area contributed by atoms with E-state index in [0.717, 1.165) is 17.7 Å². The molecule has 1 amide bonds. The van der Waals surface area contributed by atoms with Gasteiger partial charge in [-0.05, 0) is 37.8 Å². The molecule has 0 saturated carbocycles. The Morgan fingerprint density at radius 2 is 2.07 bits per heavy atom. The quantitative estimate of drug-likeness (QED) is 0.802. The van der Waals surface area contributed by atoms with Crippen LogP contribution in [0.3, 0.4) is 0 Å². The van der Waals surface area contributed by atoms with E-state index in [4.69, 9.17) is 0 Å². The fraction of sp³-hybridized carbons (Fsp3) is 0.474. The molecule has 8 heteroatoms. The Kier molecular flexibility index (Phi) is 4.67. The maximum Gasteiger partial charge on any atom is 0.257 e. The number of carbonyl (C=O) groups is 1. The maximum atomic E-state index is 13.3. The van der Waals surface area contributed by atoms with Gasteiger partial charge in [-0.15, -0.1) is 0 Å². The van der Waals surface area contributed by atoms with E-state index < -0.39 is 15.3 Å². The number of aromatic nitrogens is 2. The third-order valence-electron chi connectivity index (χ3n) is 5.44. The molecule has 1 fully saturated rings. The summed E-state index contributed by atoms with van der Waals surface area (Å²) in [4.78, 5) is 14.4. The lowest BCUT2D eigenvalue weighted by Crippen LogP contribution is -2.49. The van der Waals surface area contributed by atoms with Crippen molar-refractivity contribution >= 4 is 21.6 Å². The molecule has 0 radical (unpaired) electrons. The molecule has 144 valence electrons. The molecule has 0 unspecified atom stereocenters. The molecular formula is C19H24N4O3S. The van der Waals surface area contributed by atoms with Crippen molar-refractivity contribution in [1.29, 1.82) is 0 Å². The number of carbonyl (C=O) groups excluding carboxylic acids is 1. The average Bonchev–Trinajstić information content (AvgIpc) is 3.34. The molecule has 4 rings (SSSR count). The molecule has 1 saturated heterocycles. The van der Waals surface area contributed by atoms with Gasteiger partial charge in [0.2, 0.25) is 10.0 Å². The molecule has 7 nitrogen and oxygen atoms in total. The van der Waals surface area contributed by atoms with Gasteiger partial charge in [0.15, 0.2) is 0 Å². The van der Waals surface area contributed by atoms with Crippen LogP contribution in [-0.2, 0) is 23.0 Å². The van der Waals surface area contributed by atoms with Crippen molar-refractivity contribution in [1.82, 2.24) is 14.7 Å². The second kappa shape index (κ2) is 6.99. The van der Waals surface area contributed by atoms with Crippen LogP contribution in [0.4, 0.5) is 5.69 Å². The molecule has 0 N–H and O–H groups in total. The summed E-state index contributed by atoms with van der Waals surface area (Å²) < 4.78 is 29.8. The van der Waals surface area contributed by atoms with Gasteiger partial charge in [-0.2, -0.15) is 5.10 Å². The summed E-state index contributed by atoms with van der Waals surface area (Å²) in [5, 5.41) is 3.58. The van der Waals surface area contributed by atoms with Crippen LogP contribution in [0, 0.1) is 0 Å². The summed E-state index contributed by atoms with van der Waals surface area (Å²) in [6, 6.07) is 7.65. The zero-order valence-corrected chi connectivity index (χ0v) is 16.2. The van der Waals surface area contributed by atoms with Crippen molar-refractivity contribution in [3.8, 4) is 0 Å². The van der Waals surface area contributed by atoms with Gasteiger partial charge >= 0.3 is 0 Å². The monoisotopic (exact) mass is 388 g/mol. The predicted molar refractivity (Wildman–Crippen MR) is 103 cm³/mol. The highest BCUT2D eigenvalue weighted by atomic mass is 32.2. The number of para-hydroxylation sites is 1. The number of amides is 1. The van der Waals surface area contributed by atoms with Gasteiger partial charge in [0.25, 0.3) is 5.91 Å². The van der Waals surface area contributed by atoms with Crippen LogP contribution in [0.5, 0.6) is 0 Å². The molecule has 1 aromatic heterocycles. The second-order valence-corrected chi connectivity index (χ2v) is 9.23. The molecular weight excluding hydrogens is 364 g/mol. The zero-order chi connectivity index (χ0) is 19.0. The number of benzene rings is 1. The molecule has 27 heavy (non-hydrogen) atoms. The number of rotatable bonds is 4. The number of aryl methyl sites for hydroxylation is 1. The first-order valence-corrected chi connectivity index (χ1v) is 10.9. The van der Waals surface area contributed by atoms with Gasteiger partial charge in [0.1, 0.15) is 0 Å². The van der Waals surface area contributed by atoms with Crippen LogP contribution in [0.2, 0.25) is 0 Å². The normalized spacial score (nSPS) is 20.0. The molecule has 1 atom stereocenters. The molecule has 3 heterocycles. The smallest absolute Gasteiger partial charge is 0.257 e. The van der Waals surface area contributed by atoms with E-state index in [-0.39, 0.29) is 12.5 Å². The Balaban J connectivity index is 1.53. The first-order chi connectivity index (χ1) is 13.0. The lowest BCUT2D eigenvalue weighted by molar-refractivity contribution is 0.0726. The van der Waals surface area contributed by atoms with Gasteiger partial charge in [-0.3, -0.25) is 13.8 Å². The Bertz CT molecular complexity index is 953. The number of hydrogen-bond acceptors (Lipinski definition) is 4. The summed E-state index contributed by atoms with van der Waals surface area (Å²) in [6.07, 6.45) is 5.28. The number of sulfonamides is 1. The molecule has 2 aromatic rings. The van der Waals surface area contributed by atoms with E-state index in [1.807, 2.05) is 31.2 Å². The Morgan fingerprint density at radius 3 is 2.85 bits per heavy atom. The lowest BCUT2D eigenvalue weighted by atomic mass is 10.1. The van der Waals surface area contributed by atoms with Gasteiger partial charge in [0, 0.05) is 32.4 Å². The molecule has 0 aliphatic carbocycles. The van der Waals surface area contributed by atoms with Crippen LogP contribution in [0.15, 0.2) is 36.7 Å². The highest BCUT2D eigenvalue weighted by molar-refractivity contribution is 7.93. The number of likely N-dealkylation sites (tertiary alicyclic amines) is 1. The van der Waals surface area contributed by atoms with Gasteiger partial charge < -0.3 is 4.90 Å². The van der Waals surface area contributed by atoms with E-state index in [0.29, 0.717) is 38.0 Å². The highest BCUT2D eigenvalue weighted by Gasteiger charge is 2.39. The fourth-order valence-corrected chi connectivity index (χ4v) is 5.94. The minimum Gasteiger partial charge on any atom is -0.337 e. The highest BCUT2D eigenvalue weighted by Crippen LogP contribution is 2.33. The maximum absolute atomic E-state index is 13.3. The van der Waals surface area contributed by atoms with Crippen molar-refractivity contribution in [3.05, 3.63) is 47.8 Å². The van der Waals surface area contributed by atoms with E-state index in [9.17, 15) is 13.2 Å². The topological polar surface area (TPSA) is 75.5 Å². The van der Waals surface area contributed by atoms with Crippen molar-refractivity contribution in [3.63, 3.8) is 0 Å². The molecule has 0 spiro atoms. The first-order valence-electron chi connectivity index (χ1n) is 9.42. The van der Waals surface area contributed by atoms with Crippen molar-refractivity contribution in [2.75, 3.05) is 23.9 Å². The fourth-order valence-electron chi connectivity index (χ4n) is 3.95. The molecule has 2 aliphatic heterocycles. The standard InChI is InChI=1S/C19H24N4O3S/c1-2-22-13-16(12-20-22)19(24)21-10-5-7-17(14-21)27(25,26)23-11-9-15-6-3-4-8-18(15)23/h3-4,6,8,12-13,17H,2,5,7,9-11,14H2,1H3/t17-/m0/s1. The third kappa shape index (κ3) is 3.22. The summed E-state index contributed by atoms with van der Waals surface area (Å²) in [5.74, 6) is -0.142. The number of hydrogen-bond donors (Lipinski definition) is 0. The van der Waals surface area contributed by atoms with Gasteiger partial charge in [-0.25, -0.2) is 8.42 Å². The molecule has 2 aliphatic rings. The lowest BCUT2D eigenvalue weighted by Gasteiger charge is -2.34. The number of piperidine rings is 1. The van der Waals surface area contributed by atoms with Crippen molar-refractivity contribution < 1.29 is 13.2 Å². The van der Waals surface area contributed by atoms with Gasteiger partial charge in [0.05, 0.1) is 22.7 Å². The van der Waals surface area contributed by atoms with Crippen LogP contribution in [0.1, 0.15) is 35.7 Å². The number of nitrogens with zero attached hydrogens (tertiary/aromatic N) is 4. The van der Waals surface area contributed by atoms with Crippen LogP contribution in [-0.4, -0.2) is 53.9 Å². The van der Waals surface area contributed by atoms with E-state index in [2.05, 4.69) is 5.10 Å². The first kappa shape index (κ1) is 18.0. The molecule has 0 bridgehead atoms. The molecule has 1 aromatic carbocycles. The average molecular weight is 388 g/mol. The van der Waals surface area contributed by atoms with Gasteiger partial charge in [-0.1, -0.05) is 18.2 Å². The summed E-state index contributed by atoms with van der Waals surface area (Å²) in [6.45, 7) is 3.95. The van der Waals surface area contributed by atoms with Crippen LogP contribution in [0.25, 0.3) is 0 Å². The summed E-state index contributed by atoms with van der Waals surface area (Å²) in [7, 11) is -3.50. The van der Waals surface area contributed by atoms with Crippen LogP contribution >= 0.6 is 0 Å². The predicted octanol–water partition coefficient (Wildman–Crippen LogP) is 1.90. The third-order valence-corrected chi connectivity index (χ3v) is 7.66. The number of fused-ring (bicyclic) bond motifs is 1.